The minimum absolute atomic E-state index is 0.258. The van der Waals surface area contributed by atoms with Crippen LogP contribution in [0.1, 0.15) is 24.6 Å². The first-order chi connectivity index (χ1) is 9.75. The summed E-state index contributed by atoms with van der Waals surface area (Å²) >= 11 is 0. The highest BCUT2D eigenvalue weighted by Gasteiger charge is 2.28. The molecule has 0 unspecified atom stereocenters. The molecule has 1 atom stereocenters. The molecule has 0 aromatic carbocycles. The van der Waals surface area contributed by atoms with Crippen molar-refractivity contribution in [3.8, 4) is 0 Å². The van der Waals surface area contributed by atoms with Crippen LogP contribution >= 0.6 is 0 Å². The van der Waals surface area contributed by atoms with Crippen molar-refractivity contribution in [2.45, 2.75) is 18.9 Å². The second kappa shape index (κ2) is 5.40. The Morgan fingerprint density at radius 1 is 1.20 bits per heavy atom. The summed E-state index contributed by atoms with van der Waals surface area (Å²) in [5.41, 5.74) is 1.05. The monoisotopic (exact) mass is 270 g/mol. The molecule has 2 aromatic heterocycles. The summed E-state index contributed by atoms with van der Waals surface area (Å²) in [4.78, 5) is 21.7. The van der Waals surface area contributed by atoms with E-state index < -0.39 is 0 Å². The van der Waals surface area contributed by atoms with Gasteiger partial charge >= 0.3 is 0 Å². The third-order valence-electron chi connectivity index (χ3n) is 3.50. The van der Waals surface area contributed by atoms with E-state index in [1.165, 1.54) is 0 Å². The van der Waals surface area contributed by atoms with Gasteiger partial charge in [-0.15, -0.1) is 0 Å². The van der Waals surface area contributed by atoms with Crippen LogP contribution in [0, 0.1) is 0 Å². The molecule has 1 aliphatic heterocycles. The summed E-state index contributed by atoms with van der Waals surface area (Å²) in [7, 11) is 3.91. The first-order valence-corrected chi connectivity index (χ1v) is 6.78. The zero-order valence-corrected chi connectivity index (χ0v) is 11.8. The Kier molecular flexibility index (Phi) is 3.45. The van der Waals surface area contributed by atoms with Gasteiger partial charge in [-0.2, -0.15) is 0 Å². The smallest absolute Gasteiger partial charge is 0.225 e. The summed E-state index contributed by atoms with van der Waals surface area (Å²) in [6, 6.07) is 2.25. The average molecular weight is 270 g/mol. The molecule has 3 rings (SSSR count). The van der Waals surface area contributed by atoms with Crippen LogP contribution in [0.5, 0.6) is 0 Å². The molecule has 0 bridgehead atoms. The third kappa shape index (κ3) is 2.41. The average Bonchev–Trinajstić information content (AvgIpc) is 2.98. The Morgan fingerprint density at radius 2 is 2.10 bits per heavy atom. The predicted octanol–water partition coefficient (Wildman–Crippen LogP) is 1.67. The first-order valence-electron chi connectivity index (χ1n) is 6.78. The predicted molar refractivity (Wildman–Crippen MR) is 77.7 cm³/mol. The molecule has 20 heavy (non-hydrogen) atoms. The summed E-state index contributed by atoms with van der Waals surface area (Å²) < 4.78 is 0. The molecule has 2 aromatic rings. The zero-order chi connectivity index (χ0) is 13.9. The molecule has 0 aliphatic carbocycles. The van der Waals surface area contributed by atoms with Crippen molar-refractivity contribution < 1.29 is 0 Å². The summed E-state index contributed by atoms with van der Waals surface area (Å²) in [5, 5.41) is 0. The van der Waals surface area contributed by atoms with Crippen LogP contribution in [0.15, 0.2) is 30.9 Å². The molecule has 3 heterocycles. The topological polar surface area (TPSA) is 58.0 Å². The quantitative estimate of drug-likeness (QED) is 0.845. The third-order valence-corrected chi connectivity index (χ3v) is 3.50. The Hall–Kier alpha value is -2.24. The van der Waals surface area contributed by atoms with Gasteiger partial charge in [0.1, 0.15) is 5.82 Å². The molecule has 0 amide bonds. The maximum atomic E-state index is 4.65. The Bertz CT molecular complexity index is 571. The lowest BCUT2D eigenvalue weighted by molar-refractivity contribution is 0.682. The fourth-order valence-corrected chi connectivity index (χ4v) is 2.55. The van der Waals surface area contributed by atoms with Crippen molar-refractivity contribution in [1.82, 2.24) is 19.9 Å². The van der Waals surface area contributed by atoms with E-state index in [0.717, 1.165) is 36.8 Å². The van der Waals surface area contributed by atoms with Crippen LogP contribution in [-0.4, -0.2) is 40.6 Å². The van der Waals surface area contributed by atoms with Gasteiger partial charge in [-0.25, -0.2) is 15.0 Å². The Balaban J connectivity index is 1.91. The fourth-order valence-electron chi connectivity index (χ4n) is 2.55. The van der Waals surface area contributed by atoms with Crippen LogP contribution in [0.4, 0.5) is 11.8 Å². The lowest BCUT2D eigenvalue weighted by atomic mass is 10.1. The highest BCUT2D eigenvalue weighted by Crippen LogP contribution is 2.34. The van der Waals surface area contributed by atoms with Crippen LogP contribution in [-0.2, 0) is 0 Å². The highest BCUT2D eigenvalue weighted by molar-refractivity contribution is 5.41. The number of hydrogen-bond acceptors (Lipinski definition) is 6. The maximum absolute atomic E-state index is 4.65. The van der Waals surface area contributed by atoms with E-state index in [1.54, 1.807) is 12.4 Å². The van der Waals surface area contributed by atoms with Gasteiger partial charge in [-0.1, -0.05) is 0 Å². The molecule has 6 heteroatoms. The molecule has 0 N–H and O–H groups in total. The van der Waals surface area contributed by atoms with Crippen molar-refractivity contribution in [1.29, 1.82) is 0 Å². The van der Waals surface area contributed by atoms with E-state index in [-0.39, 0.29) is 6.04 Å². The number of anilines is 2. The van der Waals surface area contributed by atoms with Gasteiger partial charge in [0.15, 0.2) is 0 Å². The zero-order valence-electron chi connectivity index (χ0n) is 11.8. The summed E-state index contributed by atoms with van der Waals surface area (Å²) in [6.45, 7) is 0.991. The maximum Gasteiger partial charge on any atom is 0.225 e. The summed E-state index contributed by atoms with van der Waals surface area (Å²) in [5.74, 6) is 1.66. The molecule has 6 nitrogen and oxygen atoms in total. The molecule has 1 aliphatic rings. The van der Waals surface area contributed by atoms with Crippen molar-refractivity contribution in [2.75, 3.05) is 30.4 Å². The number of aromatic nitrogens is 4. The molecule has 0 spiro atoms. The Morgan fingerprint density at radius 3 is 2.85 bits per heavy atom. The van der Waals surface area contributed by atoms with Crippen molar-refractivity contribution >= 4 is 11.8 Å². The number of rotatable bonds is 3. The van der Waals surface area contributed by atoms with E-state index >= 15 is 0 Å². The molecular weight excluding hydrogens is 252 g/mol. The van der Waals surface area contributed by atoms with E-state index in [4.69, 9.17) is 0 Å². The van der Waals surface area contributed by atoms with E-state index in [0.29, 0.717) is 0 Å². The van der Waals surface area contributed by atoms with E-state index in [9.17, 15) is 0 Å². The van der Waals surface area contributed by atoms with Gasteiger partial charge in [-0.05, 0) is 18.9 Å². The van der Waals surface area contributed by atoms with Crippen LogP contribution in [0.25, 0.3) is 0 Å². The minimum Gasteiger partial charge on any atom is -0.347 e. The van der Waals surface area contributed by atoms with Gasteiger partial charge in [0, 0.05) is 39.2 Å². The van der Waals surface area contributed by atoms with Gasteiger partial charge in [0.25, 0.3) is 0 Å². The standard InChI is InChI=1S/C14H18N6/c1-19(2)14-17-6-5-11(18-14)12-4-3-9-20(12)13-10-15-7-8-16-13/h5-8,10,12H,3-4,9H2,1-2H3/t12-/m0/s1. The SMILES string of the molecule is CN(C)c1nccc([C@@H]2CCCN2c2cnccn2)n1. The number of hydrogen-bond donors (Lipinski definition) is 0. The molecule has 0 radical (unpaired) electrons. The van der Waals surface area contributed by atoms with Crippen molar-refractivity contribution in [2.24, 2.45) is 0 Å². The second-order valence-electron chi connectivity index (χ2n) is 5.09. The first kappa shape index (κ1) is 12.8. The largest absolute Gasteiger partial charge is 0.347 e. The molecule has 104 valence electrons. The normalized spacial score (nSPS) is 18.3. The molecule has 0 saturated carbocycles. The molecule has 1 fully saturated rings. The molecule has 1 saturated heterocycles. The second-order valence-corrected chi connectivity index (χ2v) is 5.09. The summed E-state index contributed by atoms with van der Waals surface area (Å²) in [6.07, 6.45) is 9.29. The highest BCUT2D eigenvalue weighted by atomic mass is 15.3. The molecular formula is C14H18N6. The van der Waals surface area contributed by atoms with Crippen LogP contribution in [0.2, 0.25) is 0 Å². The van der Waals surface area contributed by atoms with Gasteiger partial charge < -0.3 is 9.80 Å². The fraction of sp³-hybridized carbons (Fsp3) is 0.429. The van der Waals surface area contributed by atoms with Crippen LogP contribution < -0.4 is 9.80 Å². The Labute approximate surface area is 118 Å². The van der Waals surface area contributed by atoms with E-state index in [2.05, 4.69) is 24.8 Å². The van der Waals surface area contributed by atoms with Gasteiger partial charge in [0.2, 0.25) is 5.95 Å². The van der Waals surface area contributed by atoms with Crippen molar-refractivity contribution in [3.05, 3.63) is 36.5 Å². The van der Waals surface area contributed by atoms with Crippen LogP contribution in [0.3, 0.4) is 0 Å². The lowest BCUT2D eigenvalue weighted by Gasteiger charge is -2.25. The van der Waals surface area contributed by atoms with E-state index in [1.807, 2.05) is 37.5 Å². The minimum atomic E-state index is 0.258. The number of nitrogens with zero attached hydrogens (tertiary/aromatic N) is 6. The lowest BCUT2D eigenvalue weighted by Crippen LogP contribution is -2.25. The van der Waals surface area contributed by atoms with Gasteiger partial charge in [0.05, 0.1) is 17.9 Å². The van der Waals surface area contributed by atoms with Gasteiger partial charge in [-0.3, -0.25) is 4.98 Å². The van der Waals surface area contributed by atoms with Crippen molar-refractivity contribution in [3.63, 3.8) is 0 Å².